The third kappa shape index (κ3) is 3.67. The summed E-state index contributed by atoms with van der Waals surface area (Å²) in [5.74, 6) is 1.64. The lowest BCUT2D eigenvalue weighted by molar-refractivity contribution is 0.197. The Kier molecular flexibility index (Phi) is 5.05. The smallest absolute Gasteiger partial charge is 0.111 e. The summed E-state index contributed by atoms with van der Waals surface area (Å²) in [5, 5.41) is 0. The summed E-state index contributed by atoms with van der Waals surface area (Å²) in [6, 6.07) is 15.2. The third-order valence-electron chi connectivity index (χ3n) is 5.46. The molecular formula is C22H28N4. The molecule has 0 radical (unpaired) electrons. The molecule has 4 rings (SSSR count). The zero-order valence-electron chi connectivity index (χ0n) is 15.5. The van der Waals surface area contributed by atoms with Crippen molar-refractivity contribution in [1.29, 1.82) is 0 Å². The second-order valence-corrected chi connectivity index (χ2v) is 7.53. The van der Waals surface area contributed by atoms with Gasteiger partial charge in [0.1, 0.15) is 5.82 Å². The Balaban J connectivity index is 1.48. The molecule has 0 amide bonds. The molecule has 136 valence electrons. The number of benzene rings is 2. The molecule has 3 N–H and O–H groups in total. The van der Waals surface area contributed by atoms with Crippen LogP contribution in [0.2, 0.25) is 0 Å². The molecule has 4 nitrogen and oxygen atoms in total. The van der Waals surface area contributed by atoms with Gasteiger partial charge in [0.15, 0.2) is 0 Å². The SMILES string of the molecule is Cc1cccc2[nH]c(C3CCCN(Cc4cccc(CCN)c4)C3)nc12. The highest BCUT2D eigenvalue weighted by Gasteiger charge is 2.24. The van der Waals surface area contributed by atoms with Crippen LogP contribution in [-0.2, 0) is 13.0 Å². The van der Waals surface area contributed by atoms with Crippen LogP contribution in [0.25, 0.3) is 11.0 Å². The van der Waals surface area contributed by atoms with E-state index in [0.29, 0.717) is 12.5 Å². The predicted octanol–water partition coefficient (Wildman–Crippen LogP) is 3.75. The monoisotopic (exact) mass is 348 g/mol. The highest BCUT2D eigenvalue weighted by Crippen LogP contribution is 2.28. The lowest BCUT2D eigenvalue weighted by atomic mass is 9.96. The maximum atomic E-state index is 5.70. The van der Waals surface area contributed by atoms with Crippen molar-refractivity contribution in [3.05, 3.63) is 65.0 Å². The van der Waals surface area contributed by atoms with Gasteiger partial charge in [0.05, 0.1) is 11.0 Å². The summed E-state index contributed by atoms with van der Waals surface area (Å²) in [5.41, 5.74) is 11.9. The third-order valence-corrected chi connectivity index (χ3v) is 5.46. The zero-order chi connectivity index (χ0) is 17.9. The summed E-state index contributed by atoms with van der Waals surface area (Å²) in [4.78, 5) is 11.0. The van der Waals surface area contributed by atoms with Crippen molar-refractivity contribution in [2.75, 3.05) is 19.6 Å². The Morgan fingerprint density at radius 1 is 1.19 bits per heavy atom. The molecule has 1 atom stereocenters. The van der Waals surface area contributed by atoms with Gasteiger partial charge in [0.25, 0.3) is 0 Å². The maximum absolute atomic E-state index is 5.70. The lowest BCUT2D eigenvalue weighted by Gasteiger charge is -2.31. The Morgan fingerprint density at radius 2 is 2.04 bits per heavy atom. The van der Waals surface area contributed by atoms with Crippen molar-refractivity contribution in [2.45, 2.75) is 38.6 Å². The first-order chi connectivity index (χ1) is 12.7. The minimum absolute atomic E-state index is 0.489. The number of imidazole rings is 1. The van der Waals surface area contributed by atoms with E-state index in [2.05, 4.69) is 59.3 Å². The molecule has 0 spiro atoms. The van der Waals surface area contributed by atoms with Gasteiger partial charge in [-0.05, 0) is 62.0 Å². The van der Waals surface area contributed by atoms with Gasteiger partial charge in [-0.25, -0.2) is 4.98 Å². The van der Waals surface area contributed by atoms with E-state index in [9.17, 15) is 0 Å². The van der Waals surface area contributed by atoms with Crippen LogP contribution in [0, 0.1) is 6.92 Å². The normalized spacial score (nSPS) is 18.5. The Bertz CT molecular complexity index is 883. The minimum Gasteiger partial charge on any atom is -0.342 e. The summed E-state index contributed by atoms with van der Waals surface area (Å²) < 4.78 is 0. The van der Waals surface area contributed by atoms with E-state index in [0.717, 1.165) is 42.9 Å². The van der Waals surface area contributed by atoms with E-state index in [1.54, 1.807) is 0 Å². The summed E-state index contributed by atoms with van der Waals surface area (Å²) in [6.45, 7) is 6.08. The topological polar surface area (TPSA) is 57.9 Å². The number of H-pyrrole nitrogens is 1. The van der Waals surface area contributed by atoms with Crippen molar-refractivity contribution in [3.63, 3.8) is 0 Å². The van der Waals surface area contributed by atoms with Crippen LogP contribution in [0.4, 0.5) is 0 Å². The van der Waals surface area contributed by atoms with Crippen LogP contribution >= 0.6 is 0 Å². The van der Waals surface area contributed by atoms with Gasteiger partial charge in [0.2, 0.25) is 0 Å². The van der Waals surface area contributed by atoms with Crippen LogP contribution in [-0.4, -0.2) is 34.5 Å². The number of nitrogens with zero attached hydrogens (tertiary/aromatic N) is 2. The molecule has 1 aliphatic rings. The number of hydrogen-bond donors (Lipinski definition) is 2. The van der Waals surface area contributed by atoms with Gasteiger partial charge in [-0.3, -0.25) is 4.90 Å². The van der Waals surface area contributed by atoms with E-state index in [-0.39, 0.29) is 0 Å². The summed E-state index contributed by atoms with van der Waals surface area (Å²) in [6.07, 6.45) is 3.39. The van der Waals surface area contributed by atoms with Crippen molar-refractivity contribution >= 4 is 11.0 Å². The van der Waals surface area contributed by atoms with Crippen LogP contribution in [0.5, 0.6) is 0 Å². The fraction of sp³-hybridized carbons (Fsp3) is 0.409. The zero-order valence-corrected chi connectivity index (χ0v) is 15.5. The Morgan fingerprint density at radius 3 is 2.88 bits per heavy atom. The lowest BCUT2D eigenvalue weighted by Crippen LogP contribution is -2.34. The summed E-state index contributed by atoms with van der Waals surface area (Å²) in [7, 11) is 0. The first-order valence-corrected chi connectivity index (χ1v) is 9.68. The van der Waals surface area contributed by atoms with Gasteiger partial charge in [0, 0.05) is 19.0 Å². The van der Waals surface area contributed by atoms with Crippen LogP contribution in [0.1, 0.15) is 41.3 Å². The highest BCUT2D eigenvalue weighted by atomic mass is 15.1. The molecule has 1 aromatic heterocycles. The average molecular weight is 348 g/mol. The highest BCUT2D eigenvalue weighted by molar-refractivity contribution is 5.78. The molecule has 26 heavy (non-hydrogen) atoms. The maximum Gasteiger partial charge on any atom is 0.111 e. The quantitative estimate of drug-likeness (QED) is 0.738. The number of rotatable bonds is 5. The van der Waals surface area contributed by atoms with E-state index in [1.807, 2.05) is 0 Å². The number of piperidine rings is 1. The molecule has 1 unspecified atom stereocenters. The molecule has 1 saturated heterocycles. The predicted molar refractivity (Wildman–Crippen MR) is 107 cm³/mol. The molecule has 0 bridgehead atoms. The Hall–Kier alpha value is -2.17. The van der Waals surface area contributed by atoms with Gasteiger partial charge in [-0.15, -0.1) is 0 Å². The fourth-order valence-corrected chi connectivity index (χ4v) is 4.12. The number of nitrogens with one attached hydrogen (secondary N) is 1. The molecule has 2 heterocycles. The second-order valence-electron chi connectivity index (χ2n) is 7.53. The van der Waals surface area contributed by atoms with Gasteiger partial charge in [-0.2, -0.15) is 0 Å². The number of aromatic amines is 1. The minimum atomic E-state index is 0.489. The van der Waals surface area contributed by atoms with E-state index >= 15 is 0 Å². The Labute approximate surface area is 155 Å². The number of likely N-dealkylation sites (tertiary alicyclic amines) is 1. The van der Waals surface area contributed by atoms with Crippen molar-refractivity contribution in [1.82, 2.24) is 14.9 Å². The van der Waals surface area contributed by atoms with Gasteiger partial charge >= 0.3 is 0 Å². The number of aryl methyl sites for hydroxylation is 1. The first kappa shape index (κ1) is 17.3. The second kappa shape index (κ2) is 7.60. The molecule has 3 aromatic rings. The van der Waals surface area contributed by atoms with Crippen molar-refractivity contribution in [2.24, 2.45) is 5.73 Å². The largest absolute Gasteiger partial charge is 0.342 e. The standard InChI is InChI=1S/C22H28N4/c1-16-5-2-9-20-21(16)25-22(24-20)19-8-4-12-26(15-19)14-18-7-3-6-17(13-18)10-11-23/h2-3,5-7,9,13,19H,4,8,10-12,14-15,23H2,1H3,(H,24,25). The number of para-hydroxylation sites is 1. The molecular weight excluding hydrogens is 320 g/mol. The first-order valence-electron chi connectivity index (χ1n) is 9.68. The van der Waals surface area contributed by atoms with Crippen LogP contribution in [0.3, 0.4) is 0 Å². The van der Waals surface area contributed by atoms with Gasteiger partial charge < -0.3 is 10.7 Å². The van der Waals surface area contributed by atoms with Crippen LogP contribution < -0.4 is 5.73 Å². The van der Waals surface area contributed by atoms with Crippen LogP contribution in [0.15, 0.2) is 42.5 Å². The number of aromatic nitrogens is 2. The number of fused-ring (bicyclic) bond motifs is 1. The van der Waals surface area contributed by atoms with Crippen molar-refractivity contribution < 1.29 is 0 Å². The van der Waals surface area contributed by atoms with Gasteiger partial charge in [-0.1, -0.05) is 36.4 Å². The molecule has 4 heteroatoms. The van der Waals surface area contributed by atoms with E-state index in [4.69, 9.17) is 10.7 Å². The summed E-state index contributed by atoms with van der Waals surface area (Å²) >= 11 is 0. The molecule has 0 aliphatic carbocycles. The molecule has 2 aromatic carbocycles. The molecule has 1 aliphatic heterocycles. The fourth-order valence-electron chi connectivity index (χ4n) is 4.12. The number of nitrogens with two attached hydrogens (primary N) is 1. The van der Waals surface area contributed by atoms with E-state index in [1.165, 1.54) is 29.5 Å². The number of hydrogen-bond acceptors (Lipinski definition) is 3. The average Bonchev–Trinajstić information content (AvgIpc) is 3.08. The van der Waals surface area contributed by atoms with E-state index < -0.39 is 0 Å². The molecule has 0 saturated carbocycles. The molecule has 1 fully saturated rings. The van der Waals surface area contributed by atoms with Crippen molar-refractivity contribution in [3.8, 4) is 0 Å².